The maximum atomic E-state index is 12.3. The number of benzene rings is 2. The van der Waals surface area contributed by atoms with Crippen LogP contribution in [0.5, 0.6) is 0 Å². The lowest BCUT2D eigenvalue weighted by Gasteiger charge is -2.21. The van der Waals surface area contributed by atoms with Gasteiger partial charge in [0.25, 0.3) is 11.7 Å². The van der Waals surface area contributed by atoms with Crippen molar-refractivity contribution in [2.24, 2.45) is 0 Å². The average molecular weight is 396 g/mol. The number of rotatable bonds is 6. The second-order valence-electron chi connectivity index (χ2n) is 5.47. The third-order valence-corrected chi connectivity index (χ3v) is 4.68. The minimum Gasteiger partial charge on any atom is -0.355 e. The SMILES string of the molecule is CNC(=O)c1ccc(CN(C)C(=S)Nc2ccc(SC(F)F)cc2)cc1. The average Bonchev–Trinajstić information content (AvgIpc) is 2.62. The maximum absolute atomic E-state index is 12.3. The Labute approximate surface area is 161 Å². The van der Waals surface area contributed by atoms with Gasteiger partial charge in [0.1, 0.15) is 0 Å². The molecule has 0 heterocycles. The Morgan fingerprint density at radius 2 is 1.77 bits per heavy atom. The van der Waals surface area contributed by atoms with Gasteiger partial charge in [-0.05, 0) is 54.2 Å². The lowest BCUT2D eigenvalue weighted by Crippen LogP contribution is -2.30. The fourth-order valence-corrected chi connectivity index (χ4v) is 2.87. The number of hydrogen-bond acceptors (Lipinski definition) is 3. The van der Waals surface area contributed by atoms with Gasteiger partial charge in [-0.1, -0.05) is 23.9 Å². The first-order chi connectivity index (χ1) is 12.4. The van der Waals surface area contributed by atoms with Crippen molar-refractivity contribution >= 4 is 40.7 Å². The van der Waals surface area contributed by atoms with Gasteiger partial charge in [-0.15, -0.1) is 0 Å². The smallest absolute Gasteiger partial charge is 0.288 e. The summed E-state index contributed by atoms with van der Waals surface area (Å²) in [4.78, 5) is 13.9. The number of anilines is 1. The first kappa shape index (κ1) is 20.1. The Morgan fingerprint density at radius 1 is 1.15 bits per heavy atom. The van der Waals surface area contributed by atoms with Gasteiger partial charge in [-0.3, -0.25) is 4.79 Å². The van der Waals surface area contributed by atoms with Gasteiger partial charge in [0.05, 0.1) is 0 Å². The minimum atomic E-state index is -2.43. The Bertz CT molecular complexity index is 752. The second-order valence-corrected chi connectivity index (χ2v) is 6.92. The molecule has 0 fully saturated rings. The van der Waals surface area contributed by atoms with E-state index in [1.54, 1.807) is 43.4 Å². The summed E-state index contributed by atoms with van der Waals surface area (Å²) in [5, 5.41) is 6.16. The fourth-order valence-electron chi connectivity index (χ4n) is 2.19. The molecule has 1 amide bonds. The molecular weight excluding hydrogens is 376 g/mol. The summed E-state index contributed by atoms with van der Waals surface area (Å²) < 4.78 is 24.7. The zero-order valence-electron chi connectivity index (χ0n) is 14.3. The Kier molecular flexibility index (Phi) is 7.35. The lowest BCUT2D eigenvalue weighted by atomic mass is 10.1. The summed E-state index contributed by atoms with van der Waals surface area (Å²) in [6.45, 7) is 0.569. The van der Waals surface area contributed by atoms with E-state index in [1.165, 1.54) is 0 Å². The zero-order chi connectivity index (χ0) is 19.1. The number of carbonyl (C=O) groups excluding carboxylic acids is 1. The molecule has 4 nitrogen and oxygen atoms in total. The summed E-state index contributed by atoms with van der Waals surface area (Å²) >= 11 is 5.88. The van der Waals surface area contributed by atoms with Gasteiger partial charge >= 0.3 is 0 Å². The molecule has 2 aromatic carbocycles. The molecule has 26 heavy (non-hydrogen) atoms. The summed E-state index contributed by atoms with van der Waals surface area (Å²) in [5.41, 5.74) is 2.34. The van der Waals surface area contributed by atoms with Crippen molar-refractivity contribution in [1.82, 2.24) is 10.2 Å². The van der Waals surface area contributed by atoms with Crippen LogP contribution in [0.25, 0.3) is 0 Å². The highest BCUT2D eigenvalue weighted by Crippen LogP contribution is 2.26. The molecule has 8 heteroatoms. The van der Waals surface area contributed by atoms with Crippen LogP contribution in [0.2, 0.25) is 0 Å². The molecule has 2 aromatic rings. The van der Waals surface area contributed by atoms with Crippen molar-refractivity contribution in [2.45, 2.75) is 17.2 Å². The zero-order valence-corrected chi connectivity index (χ0v) is 16.0. The summed E-state index contributed by atoms with van der Waals surface area (Å²) in [7, 11) is 3.44. The molecule has 0 bridgehead atoms. The number of alkyl halides is 2. The van der Waals surface area contributed by atoms with Crippen LogP contribution < -0.4 is 10.6 Å². The topological polar surface area (TPSA) is 44.4 Å². The Hall–Kier alpha value is -2.19. The number of nitrogens with one attached hydrogen (secondary N) is 2. The largest absolute Gasteiger partial charge is 0.355 e. The van der Waals surface area contributed by atoms with Crippen LogP contribution in [-0.4, -0.2) is 35.8 Å². The van der Waals surface area contributed by atoms with Crippen molar-refractivity contribution in [3.63, 3.8) is 0 Å². The first-order valence-corrected chi connectivity index (χ1v) is 9.06. The van der Waals surface area contributed by atoms with Crippen LogP contribution in [0, 0.1) is 0 Å². The molecule has 2 N–H and O–H groups in total. The van der Waals surface area contributed by atoms with Crippen molar-refractivity contribution in [3.05, 3.63) is 59.7 Å². The van der Waals surface area contributed by atoms with E-state index < -0.39 is 5.76 Å². The van der Waals surface area contributed by atoms with E-state index in [0.717, 1.165) is 11.3 Å². The predicted octanol–water partition coefficient (Wildman–Crippen LogP) is 4.19. The monoisotopic (exact) mass is 395 g/mol. The number of hydrogen-bond donors (Lipinski definition) is 2. The van der Waals surface area contributed by atoms with Crippen LogP contribution in [0.15, 0.2) is 53.4 Å². The van der Waals surface area contributed by atoms with Crippen molar-refractivity contribution in [3.8, 4) is 0 Å². The van der Waals surface area contributed by atoms with Crippen LogP contribution in [0.3, 0.4) is 0 Å². The van der Waals surface area contributed by atoms with E-state index in [0.29, 0.717) is 33.9 Å². The highest BCUT2D eigenvalue weighted by atomic mass is 32.2. The Morgan fingerprint density at radius 3 is 2.31 bits per heavy atom. The third-order valence-electron chi connectivity index (χ3n) is 3.54. The fraction of sp³-hybridized carbons (Fsp3) is 0.222. The molecule has 0 spiro atoms. The number of halogens is 2. The molecule has 0 aromatic heterocycles. The van der Waals surface area contributed by atoms with Crippen LogP contribution in [0.4, 0.5) is 14.5 Å². The molecular formula is C18H19F2N3OS2. The highest BCUT2D eigenvalue weighted by molar-refractivity contribution is 7.99. The first-order valence-electron chi connectivity index (χ1n) is 7.77. The molecule has 0 radical (unpaired) electrons. The van der Waals surface area contributed by atoms with E-state index in [9.17, 15) is 13.6 Å². The number of nitrogens with zero attached hydrogens (tertiary/aromatic N) is 1. The van der Waals surface area contributed by atoms with Gasteiger partial charge in [0.2, 0.25) is 0 Å². The predicted molar refractivity (Wildman–Crippen MR) is 106 cm³/mol. The molecule has 0 aliphatic heterocycles. The van der Waals surface area contributed by atoms with Crippen molar-refractivity contribution in [1.29, 1.82) is 0 Å². The molecule has 138 valence electrons. The minimum absolute atomic E-state index is 0.129. The molecule has 2 rings (SSSR count). The highest BCUT2D eigenvalue weighted by Gasteiger charge is 2.09. The van der Waals surface area contributed by atoms with Crippen molar-refractivity contribution < 1.29 is 13.6 Å². The number of carbonyl (C=O) groups is 1. The lowest BCUT2D eigenvalue weighted by molar-refractivity contribution is 0.0963. The van der Waals surface area contributed by atoms with Gasteiger partial charge in [-0.25, -0.2) is 0 Å². The van der Waals surface area contributed by atoms with E-state index in [4.69, 9.17) is 12.2 Å². The quantitative estimate of drug-likeness (QED) is 0.567. The van der Waals surface area contributed by atoms with Gasteiger partial charge in [0, 0.05) is 36.8 Å². The standard InChI is InChI=1S/C18H19F2N3OS2/c1-21-16(24)13-5-3-12(4-6-13)11-23(2)18(25)22-14-7-9-15(10-8-14)26-17(19)20/h3-10,17H,11H2,1-2H3,(H,21,24)(H,22,25). The van der Waals surface area contributed by atoms with Gasteiger partial charge < -0.3 is 15.5 Å². The van der Waals surface area contributed by atoms with E-state index in [1.807, 2.05) is 24.1 Å². The van der Waals surface area contributed by atoms with E-state index in [2.05, 4.69) is 10.6 Å². The molecule has 0 atom stereocenters. The third kappa shape index (κ3) is 5.96. The van der Waals surface area contributed by atoms with Crippen LogP contribution >= 0.6 is 24.0 Å². The van der Waals surface area contributed by atoms with Gasteiger partial charge in [0.15, 0.2) is 5.11 Å². The Balaban J connectivity index is 1.91. The molecule has 0 saturated carbocycles. The summed E-state index contributed by atoms with van der Waals surface area (Å²) in [5.74, 6) is -2.56. The summed E-state index contributed by atoms with van der Waals surface area (Å²) in [6, 6.07) is 13.9. The van der Waals surface area contributed by atoms with Crippen LogP contribution in [-0.2, 0) is 6.54 Å². The van der Waals surface area contributed by atoms with Gasteiger partial charge in [-0.2, -0.15) is 8.78 Å². The number of amides is 1. The number of thiocarbonyl (C=S) groups is 1. The normalized spacial score (nSPS) is 10.5. The number of thioether (sulfide) groups is 1. The second kappa shape index (κ2) is 9.49. The molecule has 0 unspecified atom stereocenters. The summed E-state index contributed by atoms with van der Waals surface area (Å²) in [6.07, 6.45) is 0. The molecule has 0 aliphatic rings. The molecule has 0 saturated heterocycles. The van der Waals surface area contributed by atoms with Crippen LogP contribution in [0.1, 0.15) is 15.9 Å². The van der Waals surface area contributed by atoms with E-state index in [-0.39, 0.29) is 5.91 Å². The maximum Gasteiger partial charge on any atom is 0.288 e. The van der Waals surface area contributed by atoms with Crippen molar-refractivity contribution in [2.75, 3.05) is 19.4 Å². The van der Waals surface area contributed by atoms with E-state index >= 15 is 0 Å². The molecule has 0 aliphatic carbocycles.